The maximum atomic E-state index is 13.2. The van der Waals surface area contributed by atoms with Crippen LogP contribution in [0, 0.1) is 5.82 Å². The highest BCUT2D eigenvalue weighted by Crippen LogP contribution is 2.43. The Bertz CT molecular complexity index is 715. The van der Waals surface area contributed by atoms with E-state index in [1.165, 1.54) is 37.3 Å². The zero-order valence-corrected chi connectivity index (χ0v) is 13.6. The van der Waals surface area contributed by atoms with Crippen molar-refractivity contribution in [1.82, 2.24) is 5.32 Å². The first-order valence-corrected chi connectivity index (χ1v) is 8.07. The Morgan fingerprint density at radius 1 is 1.21 bits per heavy atom. The van der Waals surface area contributed by atoms with Gasteiger partial charge in [0, 0.05) is 18.0 Å². The van der Waals surface area contributed by atoms with E-state index >= 15 is 0 Å². The highest BCUT2D eigenvalue weighted by molar-refractivity contribution is 5.91. The number of halogens is 1. The molecule has 1 aliphatic rings. The molecular weight excluding hydrogens is 307 g/mol. The Morgan fingerprint density at radius 2 is 1.96 bits per heavy atom. The van der Waals surface area contributed by atoms with Gasteiger partial charge < -0.3 is 15.4 Å². The molecule has 2 N–H and O–H groups in total. The maximum absolute atomic E-state index is 13.2. The molecule has 126 valence electrons. The van der Waals surface area contributed by atoms with Crippen LogP contribution >= 0.6 is 0 Å². The number of anilines is 1. The topological polar surface area (TPSA) is 50.4 Å². The summed E-state index contributed by atoms with van der Waals surface area (Å²) in [7, 11) is 1.44. The van der Waals surface area contributed by atoms with Crippen molar-refractivity contribution in [2.45, 2.75) is 24.7 Å². The van der Waals surface area contributed by atoms with Crippen LogP contribution in [0.4, 0.5) is 14.9 Å². The molecule has 0 radical (unpaired) electrons. The van der Waals surface area contributed by atoms with Crippen LogP contribution in [-0.2, 0) is 5.41 Å². The molecule has 1 aliphatic carbocycles. The summed E-state index contributed by atoms with van der Waals surface area (Å²) in [6.07, 6.45) is 3.30. The van der Waals surface area contributed by atoms with E-state index in [0.29, 0.717) is 18.0 Å². The van der Waals surface area contributed by atoms with Gasteiger partial charge >= 0.3 is 6.03 Å². The van der Waals surface area contributed by atoms with Gasteiger partial charge in [-0.3, -0.25) is 0 Å². The van der Waals surface area contributed by atoms with E-state index < -0.39 is 5.82 Å². The van der Waals surface area contributed by atoms with Crippen molar-refractivity contribution in [2.75, 3.05) is 19.0 Å². The molecule has 0 aliphatic heterocycles. The van der Waals surface area contributed by atoms with Gasteiger partial charge in [-0.1, -0.05) is 36.8 Å². The predicted octanol–water partition coefficient (Wildman–Crippen LogP) is 4.08. The normalized spacial score (nSPS) is 15.2. The summed E-state index contributed by atoms with van der Waals surface area (Å²) >= 11 is 0. The molecular formula is C19H21FN2O2. The molecule has 0 bridgehead atoms. The van der Waals surface area contributed by atoms with E-state index in [-0.39, 0.29) is 11.4 Å². The lowest BCUT2D eigenvalue weighted by molar-refractivity contribution is 0.222. The standard InChI is InChI=1S/C19H21FN2O2/c1-24-17-12-15(20)8-9-16(17)22-18(23)21-13-19(10-5-11-19)14-6-3-2-4-7-14/h2-4,6-9,12H,5,10-11,13H2,1H3,(H2,21,22,23). The van der Waals surface area contributed by atoms with Gasteiger partial charge in [-0.25, -0.2) is 9.18 Å². The number of nitrogens with one attached hydrogen (secondary N) is 2. The Hall–Kier alpha value is -2.56. The van der Waals surface area contributed by atoms with E-state index in [0.717, 1.165) is 12.8 Å². The Morgan fingerprint density at radius 3 is 2.58 bits per heavy atom. The molecule has 1 fully saturated rings. The van der Waals surface area contributed by atoms with Crippen LogP contribution in [0.15, 0.2) is 48.5 Å². The summed E-state index contributed by atoms with van der Waals surface area (Å²) < 4.78 is 18.3. The number of hydrogen-bond donors (Lipinski definition) is 2. The monoisotopic (exact) mass is 328 g/mol. The van der Waals surface area contributed by atoms with E-state index in [4.69, 9.17) is 4.74 Å². The molecule has 2 aromatic carbocycles. The highest BCUT2D eigenvalue weighted by atomic mass is 19.1. The first-order chi connectivity index (χ1) is 11.6. The Balaban J connectivity index is 1.63. The van der Waals surface area contributed by atoms with Gasteiger partial charge in [0.05, 0.1) is 12.8 Å². The van der Waals surface area contributed by atoms with Crippen LogP contribution in [-0.4, -0.2) is 19.7 Å². The van der Waals surface area contributed by atoms with Gasteiger partial charge in [0.2, 0.25) is 0 Å². The number of carbonyl (C=O) groups is 1. The molecule has 0 unspecified atom stereocenters. The predicted molar refractivity (Wildman–Crippen MR) is 91.9 cm³/mol. The summed E-state index contributed by atoms with van der Waals surface area (Å²) in [5, 5.41) is 5.66. The van der Waals surface area contributed by atoms with Gasteiger partial charge in [-0.2, -0.15) is 0 Å². The average molecular weight is 328 g/mol. The van der Waals surface area contributed by atoms with Crippen molar-refractivity contribution < 1.29 is 13.9 Å². The van der Waals surface area contributed by atoms with Crippen LogP contribution < -0.4 is 15.4 Å². The minimum absolute atomic E-state index is 0.0193. The third kappa shape index (κ3) is 3.35. The van der Waals surface area contributed by atoms with Crippen LogP contribution in [0.1, 0.15) is 24.8 Å². The molecule has 0 aromatic heterocycles. The summed E-state index contributed by atoms with van der Waals surface area (Å²) in [6, 6.07) is 14.0. The smallest absolute Gasteiger partial charge is 0.319 e. The molecule has 4 nitrogen and oxygen atoms in total. The van der Waals surface area contributed by atoms with Crippen molar-refractivity contribution in [1.29, 1.82) is 0 Å². The second-order valence-electron chi connectivity index (χ2n) is 6.15. The van der Waals surface area contributed by atoms with Gasteiger partial charge in [0.1, 0.15) is 11.6 Å². The highest BCUT2D eigenvalue weighted by Gasteiger charge is 2.38. The van der Waals surface area contributed by atoms with E-state index in [9.17, 15) is 9.18 Å². The quantitative estimate of drug-likeness (QED) is 0.869. The third-order valence-corrected chi connectivity index (χ3v) is 4.70. The second kappa shape index (κ2) is 6.91. The molecule has 0 atom stereocenters. The molecule has 0 spiro atoms. The van der Waals surface area contributed by atoms with Crippen molar-refractivity contribution in [3.8, 4) is 5.75 Å². The van der Waals surface area contributed by atoms with Crippen LogP contribution in [0.2, 0.25) is 0 Å². The molecule has 24 heavy (non-hydrogen) atoms. The van der Waals surface area contributed by atoms with Crippen molar-refractivity contribution >= 4 is 11.7 Å². The second-order valence-corrected chi connectivity index (χ2v) is 6.15. The number of amides is 2. The maximum Gasteiger partial charge on any atom is 0.319 e. The molecule has 2 amide bonds. The molecule has 3 rings (SSSR count). The van der Waals surface area contributed by atoms with E-state index in [1.54, 1.807) is 0 Å². The fourth-order valence-corrected chi connectivity index (χ4v) is 3.15. The molecule has 1 saturated carbocycles. The van der Waals surface area contributed by atoms with Crippen molar-refractivity contribution in [3.63, 3.8) is 0 Å². The van der Waals surface area contributed by atoms with Crippen molar-refractivity contribution in [3.05, 3.63) is 59.9 Å². The SMILES string of the molecule is COc1cc(F)ccc1NC(=O)NCC1(c2ccccc2)CCC1. The van der Waals surface area contributed by atoms with Crippen LogP contribution in [0.5, 0.6) is 5.75 Å². The fourth-order valence-electron chi connectivity index (χ4n) is 3.15. The summed E-state index contributed by atoms with van der Waals surface area (Å²) in [6.45, 7) is 0.576. The lowest BCUT2D eigenvalue weighted by atomic mass is 9.64. The van der Waals surface area contributed by atoms with Gasteiger partial charge in [-0.05, 0) is 30.5 Å². The number of hydrogen-bond acceptors (Lipinski definition) is 2. The molecule has 0 saturated heterocycles. The Labute approximate surface area is 141 Å². The first kappa shape index (κ1) is 16.3. The largest absolute Gasteiger partial charge is 0.494 e. The number of carbonyl (C=O) groups excluding carboxylic acids is 1. The summed E-state index contributed by atoms with van der Waals surface area (Å²) in [5.74, 6) is -0.109. The molecule has 5 heteroatoms. The minimum Gasteiger partial charge on any atom is -0.494 e. The van der Waals surface area contributed by atoms with Gasteiger partial charge in [0.25, 0.3) is 0 Å². The number of rotatable bonds is 5. The first-order valence-electron chi connectivity index (χ1n) is 8.07. The van der Waals surface area contributed by atoms with Crippen LogP contribution in [0.25, 0.3) is 0 Å². The van der Waals surface area contributed by atoms with Gasteiger partial charge in [-0.15, -0.1) is 0 Å². The third-order valence-electron chi connectivity index (χ3n) is 4.70. The zero-order chi connectivity index (χ0) is 17.0. The zero-order valence-electron chi connectivity index (χ0n) is 13.6. The number of urea groups is 1. The summed E-state index contributed by atoms with van der Waals surface area (Å²) in [5.41, 5.74) is 1.72. The Kier molecular flexibility index (Phi) is 4.69. The number of methoxy groups -OCH3 is 1. The minimum atomic E-state index is -0.407. The lowest BCUT2D eigenvalue weighted by Gasteiger charge is -2.42. The van der Waals surface area contributed by atoms with Crippen LogP contribution in [0.3, 0.4) is 0 Å². The average Bonchev–Trinajstić information content (AvgIpc) is 2.56. The lowest BCUT2D eigenvalue weighted by Crippen LogP contribution is -2.46. The molecule has 2 aromatic rings. The van der Waals surface area contributed by atoms with Crippen molar-refractivity contribution in [2.24, 2.45) is 0 Å². The molecule has 0 heterocycles. The number of ether oxygens (including phenoxy) is 1. The number of benzene rings is 2. The fraction of sp³-hybridized carbons (Fsp3) is 0.316. The van der Waals surface area contributed by atoms with E-state index in [1.807, 2.05) is 18.2 Å². The van der Waals surface area contributed by atoms with Gasteiger partial charge in [0.15, 0.2) is 0 Å². The van der Waals surface area contributed by atoms with E-state index in [2.05, 4.69) is 22.8 Å². The summed E-state index contributed by atoms with van der Waals surface area (Å²) in [4.78, 5) is 12.2.